The van der Waals surface area contributed by atoms with E-state index in [9.17, 15) is 9.59 Å². The Balaban J connectivity index is 1.30. The Bertz CT molecular complexity index is 872. The molecule has 7 heteroatoms. The van der Waals surface area contributed by atoms with E-state index < -0.39 is 0 Å². The fourth-order valence-corrected chi connectivity index (χ4v) is 3.80. The summed E-state index contributed by atoms with van der Waals surface area (Å²) in [4.78, 5) is 26.6. The number of anilines is 1. The molecule has 2 aromatic carbocycles. The molecule has 2 heterocycles. The first-order valence-electron chi connectivity index (χ1n) is 9.99. The van der Waals surface area contributed by atoms with E-state index in [-0.39, 0.29) is 24.4 Å². The topological polar surface area (TPSA) is 79.9 Å². The van der Waals surface area contributed by atoms with Crippen LogP contribution in [0.5, 0.6) is 11.5 Å². The van der Waals surface area contributed by atoms with Crippen molar-refractivity contribution in [1.82, 2.24) is 10.2 Å². The summed E-state index contributed by atoms with van der Waals surface area (Å²) in [7, 11) is 0. The first-order valence-corrected chi connectivity index (χ1v) is 9.99. The van der Waals surface area contributed by atoms with Crippen LogP contribution in [0.1, 0.15) is 30.9 Å². The highest BCUT2D eigenvalue weighted by atomic mass is 16.6. The third kappa shape index (κ3) is 4.62. The van der Waals surface area contributed by atoms with Crippen molar-refractivity contribution in [3.8, 4) is 11.5 Å². The number of likely N-dealkylation sites (tertiary alicyclic amines) is 1. The molecule has 7 nitrogen and oxygen atoms in total. The largest absolute Gasteiger partial charge is 0.486 e. The highest BCUT2D eigenvalue weighted by Gasteiger charge is 2.30. The summed E-state index contributed by atoms with van der Waals surface area (Å²) in [5, 5.41) is 5.50. The number of carbonyl (C=O) groups is 2. The molecule has 0 aliphatic carbocycles. The van der Waals surface area contributed by atoms with Crippen molar-refractivity contribution in [3.05, 3.63) is 54.1 Å². The van der Waals surface area contributed by atoms with Gasteiger partial charge in [0, 0.05) is 25.2 Å². The van der Waals surface area contributed by atoms with Crippen molar-refractivity contribution in [2.24, 2.45) is 0 Å². The zero-order valence-electron chi connectivity index (χ0n) is 16.2. The van der Waals surface area contributed by atoms with Crippen molar-refractivity contribution >= 4 is 17.6 Å². The minimum atomic E-state index is -0.311. The van der Waals surface area contributed by atoms with E-state index in [1.165, 1.54) is 0 Å². The number of para-hydroxylation sites is 1. The van der Waals surface area contributed by atoms with Gasteiger partial charge in [-0.25, -0.2) is 4.79 Å². The van der Waals surface area contributed by atoms with Gasteiger partial charge in [0.25, 0.3) is 0 Å². The highest BCUT2D eigenvalue weighted by Crippen LogP contribution is 2.38. The molecule has 3 amide bonds. The van der Waals surface area contributed by atoms with Gasteiger partial charge < -0.3 is 25.0 Å². The average molecular weight is 395 g/mol. The maximum atomic E-state index is 12.8. The van der Waals surface area contributed by atoms with E-state index >= 15 is 0 Å². The molecule has 4 rings (SSSR count). The van der Waals surface area contributed by atoms with E-state index in [2.05, 4.69) is 10.6 Å². The first-order chi connectivity index (χ1) is 14.2. The zero-order valence-corrected chi connectivity index (χ0v) is 16.2. The lowest BCUT2D eigenvalue weighted by atomic mass is 10.0. The van der Waals surface area contributed by atoms with Crippen LogP contribution < -0.4 is 20.1 Å². The zero-order chi connectivity index (χ0) is 20.1. The number of fused-ring (bicyclic) bond motifs is 1. The minimum absolute atomic E-state index is 0.0384. The molecule has 0 spiro atoms. The van der Waals surface area contributed by atoms with Gasteiger partial charge >= 0.3 is 6.03 Å². The molecular weight excluding hydrogens is 370 g/mol. The molecule has 2 N–H and O–H groups in total. The molecule has 0 unspecified atom stereocenters. The Morgan fingerprint density at radius 2 is 1.83 bits per heavy atom. The number of hydrogen-bond acceptors (Lipinski definition) is 4. The SMILES string of the molecule is O=C(NCCC(=O)N1CCC[C@@H]1c1ccc2c(c1)OCCO2)Nc1ccccc1. The molecule has 0 radical (unpaired) electrons. The van der Waals surface area contributed by atoms with Gasteiger partial charge in [0.15, 0.2) is 11.5 Å². The molecule has 0 bridgehead atoms. The summed E-state index contributed by atoms with van der Waals surface area (Å²) in [6.07, 6.45) is 2.16. The second kappa shape index (κ2) is 8.86. The van der Waals surface area contributed by atoms with Gasteiger partial charge in [-0.05, 0) is 42.7 Å². The van der Waals surface area contributed by atoms with Crippen LogP contribution in [0.15, 0.2) is 48.5 Å². The van der Waals surface area contributed by atoms with Gasteiger partial charge in [-0.2, -0.15) is 0 Å². The molecule has 152 valence electrons. The Kier molecular flexibility index (Phi) is 5.84. The van der Waals surface area contributed by atoms with Crippen LogP contribution in [-0.2, 0) is 4.79 Å². The van der Waals surface area contributed by atoms with Crippen LogP contribution in [0.25, 0.3) is 0 Å². The molecule has 2 aliphatic heterocycles. The average Bonchev–Trinajstić information content (AvgIpc) is 3.24. The van der Waals surface area contributed by atoms with Crippen molar-refractivity contribution in [2.75, 3.05) is 31.6 Å². The van der Waals surface area contributed by atoms with Crippen molar-refractivity contribution < 1.29 is 19.1 Å². The third-order valence-electron chi connectivity index (χ3n) is 5.18. The number of carbonyl (C=O) groups excluding carboxylic acids is 2. The fraction of sp³-hybridized carbons (Fsp3) is 0.364. The number of hydrogen-bond donors (Lipinski definition) is 2. The van der Waals surface area contributed by atoms with E-state index in [0.29, 0.717) is 19.8 Å². The standard InChI is InChI=1S/C22H25N3O4/c26-21(10-11-23-22(27)24-17-5-2-1-3-6-17)25-12-4-7-18(25)16-8-9-19-20(15-16)29-14-13-28-19/h1-3,5-6,8-9,15,18H,4,7,10-14H2,(H2,23,24,27)/t18-/m1/s1. The van der Waals surface area contributed by atoms with Crippen LogP contribution in [0.4, 0.5) is 10.5 Å². The number of benzene rings is 2. The van der Waals surface area contributed by atoms with E-state index in [0.717, 1.165) is 42.1 Å². The molecular formula is C22H25N3O4. The molecule has 1 atom stereocenters. The third-order valence-corrected chi connectivity index (χ3v) is 5.18. The maximum absolute atomic E-state index is 12.8. The second-order valence-electron chi connectivity index (χ2n) is 7.15. The number of nitrogens with zero attached hydrogens (tertiary/aromatic N) is 1. The normalized spacial score (nSPS) is 17.7. The second-order valence-corrected chi connectivity index (χ2v) is 7.15. The molecule has 2 aromatic rings. The van der Waals surface area contributed by atoms with Crippen LogP contribution in [-0.4, -0.2) is 43.1 Å². The highest BCUT2D eigenvalue weighted by molar-refractivity contribution is 5.89. The maximum Gasteiger partial charge on any atom is 0.319 e. The number of urea groups is 1. The molecule has 1 saturated heterocycles. The van der Waals surface area contributed by atoms with Gasteiger partial charge in [-0.1, -0.05) is 24.3 Å². The van der Waals surface area contributed by atoms with Crippen LogP contribution in [0.2, 0.25) is 0 Å². The fourth-order valence-electron chi connectivity index (χ4n) is 3.80. The summed E-state index contributed by atoms with van der Waals surface area (Å²) < 4.78 is 11.3. The van der Waals surface area contributed by atoms with Crippen LogP contribution in [0.3, 0.4) is 0 Å². The molecule has 1 fully saturated rings. The summed E-state index contributed by atoms with van der Waals surface area (Å²) in [6, 6.07) is 14.8. The van der Waals surface area contributed by atoms with Gasteiger partial charge in [0.05, 0.1) is 6.04 Å². The molecule has 2 aliphatic rings. The van der Waals surface area contributed by atoms with Crippen LogP contribution >= 0.6 is 0 Å². The van der Waals surface area contributed by atoms with Crippen molar-refractivity contribution in [2.45, 2.75) is 25.3 Å². The lowest BCUT2D eigenvalue weighted by molar-refractivity contribution is -0.132. The van der Waals surface area contributed by atoms with Gasteiger partial charge in [0.1, 0.15) is 13.2 Å². The van der Waals surface area contributed by atoms with Gasteiger partial charge in [-0.15, -0.1) is 0 Å². The Labute approximate surface area is 170 Å². The Morgan fingerprint density at radius 1 is 1.03 bits per heavy atom. The number of nitrogens with one attached hydrogen (secondary N) is 2. The van der Waals surface area contributed by atoms with E-state index in [4.69, 9.17) is 9.47 Å². The summed E-state index contributed by atoms with van der Waals surface area (Å²) in [5.74, 6) is 1.54. The first kappa shape index (κ1) is 19.1. The monoisotopic (exact) mass is 395 g/mol. The Morgan fingerprint density at radius 3 is 2.66 bits per heavy atom. The lowest BCUT2D eigenvalue weighted by Crippen LogP contribution is -2.35. The minimum Gasteiger partial charge on any atom is -0.486 e. The van der Waals surface area contributed by atoms with E-state index in [1.54, 1.807) is 0 Å². The summed E-state index contributed by atoms with van der Waals surface area (Å²) >= 11 is 0. The predicted octanol–water partition coefficient (Wildman–Crippen LogP) is 3.33. The van der Waals surface area contributed by atoms with Gasteiger partial charge in [-0.3, -0.25) is 4.79 Å². The predicted molar refractivity (Wildman–Crippen MR) is 109 cm³/mol. The van der Waals surface area contributed by atoms with Crippen molar-refractivity contribution in [1.29, 1.82) is 0 Å². The Hall–Kier alpha value is -3.22. The van der Waals surface area contributed by atoms with Crippen LogP contribution in [0, 0.1) is 0 Å². The molecule has 29 heavy (non-hydrogen) atoms. The van der Waals surface area contributed by atoms with Gasteiger partial charge in [0.2, 0.25) is 5.91 Å². The smallest absolute Gasteiger partial charge is 0.319 e. The number of ether oxygens (including phenoxy) is 2. The lowest BCUT2D eigenvalue weighted by Gasteiger charge is -2.27. The molecule has 0 aromatic heterocycles. The number of rotatable bonds is 5. The number of amides is 3. The van der Waals surface area contributed by atoms with E-state index in [1.807, 2.05) is 53.4 Å². The molecule has 0 saturated carbocycles. The van der Waals surface area contributed by atoms with Crippen molar-refractivity contribution in [3.63, 3.8) is 0 Å². The quantitative estimate of drug-likeness (QED) is 0.814. The summed E-state index contributed by atoms with van der Waals surface area (Å²) in [5.41, 5.74) is 1.78. The summed E-state index contributed by atoms with van der Waals surface area (Å²) in [6.45, 7) is 2.13.